The van der Waals surface area contributed by atoms with Gasteiger partial charge in [-0.25, -0.2) is 0 Å². The van der Waals surface area contributed by atoms with Crippen molar-refractivity contribution >= 4 is 56.5 Å². The molecule has 7 nitrogen and oxygen atoms in total. The summed E-state index contributed by atoms with van der Waals surface area (Å²) in [6.07, 6.45) is 4.07. The largest absolute Gasteiger partial charge is 0.346 e. The molecular weight excluding hydrogens is 470 g/mol. The number of benzene rings is 2. The van der Waals surface area contributed by atoms with Gasteiger partial charge in [0, 0.05) is 96.1 Å². The summed E-state index contributed by atoms with van der Waals surface area (Å²) in [4.78, 5) is 26.5. The summed E-state index contributed by atoms with van der Waals surface area (Å²) in [5.74, 6) is 1.47. The van der Waals surface area contributed by atoms with Gasteiger partial charge in [0.15, 0.2) is 0 Å². The molecule has 2 aromatic carbocycles. The zero-order valence-corrected chi connectivity index (χ0v) is 20.9. The van der Waals surface area contributed by atoms with Crippen molar-refractivity contribution in [2.75, 3.05) is 37.7 Å². The van der Waals surface area contributed by atoms with E-state index >= 15 is 0 Å². The molecule has 2 aliphatic rings. The molecule has 0 saturated carbocycles. The van der Waals surface area contributed by atoms with Crippen LogP contribution in [0, 0.1) is 0 Å². The smallest absolute Gasteiger partial charge is 0.259 e. The summed E-state index contributed by atoms with van der Waals surface area (Å²) in [6.45, 7) is 5.15. The maximum atomic E-state index is 13.3. The highest BCUT2D eigenvalue weighted by molar-refractivity contribution is 7.99. The number of imide groups is 1. The van der Waals surface area contributed by atoms with Crippen LogP contribution in [-0.4, -0.2) is 58.6 Å². The van der Waals surface area contributed by atoms with Gasteiger partial charge in [-0.05, 0) is 12.1 Å². The second-order valence-corrected chi connectivity index (χ2v) is 10.4. The van der Waals surface area contributed by atoms with E-state index in [9.17, 15) is 9.59 Å². The number of carbonyl (C=O) groups excluding carboxylic acids is 2. The third kappa shape index (κ3) is 4.15. The van der Waals surface area contributed by atoms with Crippen LogP contribution in [0.4, 0.5) is 0 Å². The number of hydrogen-bond acceptors (Lipinski definition) is 5. The Hall–Kier alpha value is -3.33. The second-order valence-electron chi connectivity index (χ2n) is 9.15. The van der Waals surface area contributed by atoms with E-state index in [-0.39, 0.29) is 11.8 Å². The first-order chi connectivity index (χ1) is 17.7. The maximum Gasteiger partial charge on any atom is 0.259 e. The number of thioether (sulfide) groups is 1. The quantitative estimate of drug-likeness (QED) is 0.324. The monoisotopic (exact) mass is 499 g/mol. The van der Waals surface area contributed by atoms with Gasteiger partial charge in [-0.3, -0.25) is 14.9 Å². The number of rotatable bonds is 0. The van der Waals surface area contributed by atoms with Gasteiger partial charge in [0.2, 0.25) is 0 Å². The summed E-state index contributed by atoms with van der Waals surface area (Å²) in [7, 11) is 0. The Morgan fingerprint density at radius 3 is 1.61 bits per heavy atom. The fourth-order valence-corrected chi connectivity index (χ4v) is 6.05. The fraction of sp³-hybridized carbons (Fsp3) is 0.286. The third-order valence-corrected chi connectivity index (χ3v) is 7.94. The minimum Gasteiger partial charge on any atom is -0.346 e. The highest BCUT2D eigenvalue weighted by Gasteiger charge is 2.35. The Balaban J connectivity index is 1.55. The summed E-state index contributed by atoms with van der Waals surface area (Å²) < 4.78 is 4.37. The van der Waals surface area contributed by atoms with E-state index in [1.54, 1.807) is 0 Å². The lowest BCUT2D eigenvalue weighted by molar-refractivity contribution is -0.122. The number of para-hydroxylation sites is 2. The van der Waals surface area contributed by atoms with Crippen molar-refractivity contribution in [2.45, 2.75) is 13.1 Å². The minimum absolute atomic E-state index is 0.336. The Bertz CT molecular complexity index is 1390. The SMILES string of the molecule is O=C1NC(=O)C2=C1c1cn(c3ccccc13)CCNCCSCCNCCn1cc2c2ccccc21. The number of nitrogens with one attached hydrogen (secondary N) is 3. The molecule has 0 saturated heterocycles. The molecular formula is C28H29N5O2S. The van der Waals surface area contributed by atoms with E-state index < -0.39 is 0 Å². The van der Waals surface area contributed by atoms with E-state index in [4.69, 9.17) is 0 Å². The predicted octanol–water partition coefficient (Wildman–Crippen LogP) is 3.09. The molecule has 2 aromatic heterocycles. The number of carbonyl (C=O) groups is 2. The van der Waals surface area contributed by atoms with Crippen LogP contribution < -0.4 is 16.0 Å². The summed E-state index contributed by atoms with van der Waals surface area (Å²) >= 11 is 1.95. The van der Waals surface area contributed by atoms with Gasteiger partial charge in [-0.15, -0.1) is 0 Å². The number of aromatic nitrogens is 2. The number of nitrogens with zero attached hydrogens (tertiary/aromatic N) is 2. The predicted molar refractivity (Wildman–Crippen MR) is 147 cm³/mol. The molecule has 0 radical (unpaired) electrons. The number of hydrogen-bond donors (Lipinski definition) is 3. The van der Waals surface area contributed by atoms with Crippen LogP contribution in [0.15, 0.2) is 60.9 Å². The molecule has 4 heterocycles. The second kappa shape index (κ2) is 9.97. The van der Waals surface area contributed by atoms with Crippen molar-refractivity contribution in [3.05, 3.63) is 72.1 Å². The molecule has 6 rings (SSSR count). The van der Waals surface area contributed by atoms with Gasteiger partial charge in [-0.1, -0.05) is 36.4 Å². The Kier molecular flexibility index (Phi) is 6.39. The van der Waals surface area contributed by atoms with Gasteiger partial charge in [0.25, 0.3) is 11.8 Å². The molecule has 0 atom stereocenters. The number of amides is 2. The highest BCUT2D eigenvalue weighted by atomic mass is 32.2. The van der Waals surface area contributed by atoms with E-state index in [0.29, 0.717) is 11.1 Å². The molecule has 3 N–H and O–H groups in total. The molecule has 0 aliphatic carbocycles. The minimum atomic E-state index is -0.336. The van der Waals surface area contributed by atoms with Gasteiger partial charge in [0.1, 0.15) is 0 Å². The van der Waals surface area contributed by atoms with Crippen LogP contribution in [0.1, 0.15) is 11.1 Å². The Morgan fingerprint density at radius 1 is 0.639 bits per heavy atom. The van der Waals surface area contributed by atoms with Crippen molar-refractivity contribution in [1.82, 2.24) is 25.1 Å². The van der Waals surface area contributed by atoms with Crippen molar-refractivity contribution in [3.8, 4) is 0 Å². The number of fused-ring (bicyclic) bond motifs is 12. The van der Waals surface area contributed by atoms with Crippen LogP contribution in [0.3, 0.4) is 0 Å². The summed E-state index contributed by atoms with van der Waals surface area (Å²) in [5.41, 5.74) is 4.64. The lowest BCUT2D eigenvalue weighted by Crippen LogP contribution is -2.24. The van der Waals surface area contributed by atoms with Gasteiger partial charge >= 0.3 is 0 Å². The topological polar surface area (TPSA) is 80.1 Å². The molecule has 0 fully saturated rings. The van der Waals surface area contributed by atoms with E-state index in [1.807, 2.05) is 60.6 Å². The van der Waals surface area contributed by atoms with Gasteiger partial charge in [0.05, 0.1) is 11.1 Å². The zero-order chi connectivity index (χ0) is 24.5. The van der Waals surface area contributed by atoms with Crippen molar-refractivity contribution < 1.29 is 9.59 Å². The van der Waals surface area contributed by atoms with Crippen molar-refractivity contribution in [1.29, 1.82) is 0 Å². The Morgan fingerprint density at radius 2 is 1.11 bits per heavy atom. The van der Waals surface area contributed by atoms with Crippen molar-refractivity contribution in [2.24, 2.45) is 0 Å². The highest BCUT2D eigenvalue weighted by Crippen LogP contribution is 2.38. The van der Waals surface area contributed by atoms with Crippen LogP contribution in [-0.2, 0) is 22.7 Å². The Labute approximate surface area is 213 Å². The standard InChI is InChI=1S/C28H29N5O2S/c34-27-25-21-17-32(23-7-3-1-5-19(21)23)13-9-29-11-15-36-16-12-30-10-14-33-18-22(26(25)28(35)31-27)20-6-2-4-8-24(20)33/h1-8,17-18,29-30H,9-16H2,(H,31,34,35). The van der Waals surface area contributed by atoms with E-state index in [0.717, 1.165) is 83.7 Å². The van der Waals surface area contributed by atoms with Gasteiger partial charge in [-0.2, -0.15) is 11.8 Å². The molecule has 2 amide bonds. The van der Waals surface area contributed by atoms with Crippen LogP contribution in [0.25, 0.3) is 33.0 Å². The molecule has 4 aromatic rings. The lowest BCUT2D eigenvalue weighted by atomic mass is 9.95. The maximum absolute atomic E-state index is 13.3. The normalized spacial score (nSPS) is 18.1. The van der Waals surface area contributed by atoms with E-state index in [1.165, 1.54) is 0 Å². The van der Waals surface area contributed by atoms with Crippen LogP contribution in [0.5, 0.6) is 0 Å². The first kappa shape index (κ1) is 23.1. The lowest BCUT2D eigenvalue weighted by Gasteiger charge is -2.09. The molecule has 0 spiro atoms. The van der Waals surface area contributed by atoms with Crippen LogP contribution >= 0.6 is 11.8 Å². The average molecular weight is 500 g/mol. The first-order valence-electron chi connectivity index (χ1n) is 12.5. The molecule has 2 aliphatic heterocycles. The first-order valence-corrected chi connectivity index (χ1v) is 13.6. The van der Waals surface area contributed by atoms with Crippen molar-refractivity contribution in [3.63, 3.8) is 0 Å². The molecule has 36 heavy (non-hydrogen) atoms. The summed E-state index contributed by atoms with van der Waals surface area (Å²) in [5, 5.41) is 11.6. The summed E-state index contributed by atoms with van der Waals surface area (Å²) in [6, 6.07) is 16.2. The zero-order valence-electron chi connectivity index (χ0n) is 20.0. The molecule has 0 unspecified atom stereocenters. The fourth-order valence-electron chi connectivity index (χ4n) is 5.27. The third-order valence-electron chi connectivity index (χ3n) is 6.95. The molecule has 184 valence electrons. The molecule has 4 bridgehead atoms. The van der Waals surface area contributed by atoms with Crippen LogP contribution in [0.2, 0.25) is 0 Å². The van der Waals surface area contributed by atoms with Gasteiger partial charge < -0.3 is 19.8 Å². The average Bonchev–Trinajstić information content (AvgIpc) is 3.52. The molecule has 8 heteroatoms. The van der Waals surface area contributed by atoms with E-state index in [2.05, 4.69) is 37.2 Å².